The summed E-state index contributed by atoms with van der Waals surface area (Å²) >= 11 is 0. The van der Waals surface area contributed by atoms with Crippen molar-refractivity contribution in [2.45, 2.75) is 51.6 Å². The van der Waals surface area contributed by atoms with Crippen LogP contribution in [0.15, 0.2) is 30.3 Å². The predicted molar refractivity (Wildman–Crippen MR) is 103 cm³/mol. The van der Waals surface area contributed by atoms with Crippen molar-refractivity contribution >= 4 is 18.4 Å². The minimum atomic E-state index is -0.516. The lowest BCUT2D eigenvalue weighted by atomic mass is 9.93. The van der Waals surface area contributed by atoms with Gasteiger partial charge in [-0.15, -0.1) is 12.4 Å². The fourth-order valence-corrected chi connectivity index (χ4v) is 3.67. The zero-order chi connectivity index (χ0) is 17.7. The quantitative estimate of drug-likeness (QED) is 0.622. The van der Waals surface area contributed by atoms with Gasteiger partial charge in [-0.25, -0.2) is 0 Å². The minimum absolute atomic E-state index is 0. The molecule has 2 rings (SSSR count). The van der Waals surface area contributed by atoms with E-state index in [-0.39, 0.29) is 24.3 Å². The van der Waals surface area contributed by atoms with Crippen LogP contribution in [0.1, 0.15) is 39.7 Å². The number of rotatable bonds is 9. The van der Waals surface area contributed by atoms with Gasteiger partial charge in [0.1, 0.15) is 6.61 Å². The molecular weight excluding hydrogens is 338 g/mol. The molecule has 0 heterocycles. The van der Waals surface area contributed by atoms with Gasteiger partial charge in [0.2, 0.25) is 0 Å². The summed E-state index contributed by atoms with van der Waals surface area (Å²) in [6.07, 6.45) is 0.807. The molecular formula is C20H32ClNO3. The van der Waals surface area contributed by atoms with Crippen LogP contribution in [0.4, 0.5) is 0 Å². The SMILES string of the molecule is COCC1CC1(C(=O)OCCN(C(C)C)C(C)C)c1ccccc1.Cl. The minimum Gasteiger partial charge on any atom is -0.464 e. The number of carbonyl (C=O) groups is 1. The van der Waals surface area contributed by atoms with Gasteiger partial charge >= 0.3 is 5.97 Å². The van der Waals surface area contributed by atoms with Crippen molar-refractivity contribution in [2.24, 2.45) is 5.92 Å². The zero-order valence-corrected chi connectivity index (χ0v) is 16.8. The molecule has 1 aliphatic rings. The molecule has 4 nitrogen and oxygen atoms in total. The van der Waals surface area contributed by atoms with E-state index in [0.29, 0.717) is 25.3 Å². The molecule has 0 amide bonds. The number of halogens is 1. The predicted octanol–water partition coefficient (Wildman–Crippen LogP) is 3.67. The standard InChI is InChI=1S/C20H31NO3.ClH/c1-15(2)21(16(3)4)11-12-24-19(22)20(13-18(20)14-23-5)17-9-7-6-8-10-17;/h6-10,15-16,18H,11-14H2,1-5H3;1H. The topological polar surface area (TPSA) is 38.8 Å². The average molecular weight is 370 g/mol. The number of hydrogen-bond acceptors (Lipinski definition) is 4. The molecule has 0 spiro atoms. The molecule has 142 valence electrons. The van der Waals surface area contributed by atoms with Gasteiger partial charge in [0.05, 0.1) is 12.0 Å². The molecule has 0 bridgehead atoms. The highest BCUT2D eigenvalue weighted by molar-refractivity contribution is 5.87. The molecule has 5 heteroatoms. The van der Waals surface area contributed by atoms with E-state index in [2.05, 4.69) is 32.6 Å². The average Bonchev–Trinajstić information content (AvgIpc) is 3.27. The molecule has 0 saturated heterocycles. The van der Waals surface area contributed by atoms with Gasteiger partial charge < -0.3 is 9.47 Å². The summed E-state index contributed by atoms with van der Waals surface area (Å²) in [5, 5.41) is 0. The Morgan fingerprint density at radius 3 is 2.32 bits per heavy atom. The molecule has 1 aliphatic carbocycles. The number of nitrogens with zero attached hydrogens (tertiary/aromatic N) is 1. The summed E-state index contributed by atoms with van der Waals surface area (Å²) in [5.41, 5.74) is 0.527. The van der Waals surface area contributed by atoms with Gasteiger partial charge in [0, 0.05) is 31.7 Å². The third kappa shape index (κ3) is 4.96. The highest BCUT2D eigenvalue weighted by Gasteiger charge is 2.62. The van der Waals surface area contributed by atoms with Crippen LogP contribution in [0.3, 0.4) is 0 Å². The highest BCUT2D eigenvalue weighted by atomic mass is 35.5. The van der Waals surface area contributed by atoms with E-state index in [0.717, 1.165) is 18.5 Å². The summed E-state index contributed by atoms with van der Waals surface area (Å²) in [6, 6.07) is 10.8. The second-order valence-electron chi connectivity index (χ2n) is 7.26. The molecule has 2 atom stereocenters. The highest BCUT2D eigenvalue weighted by Crippen LogP contribution is 2.55. The normalized spacial score (nSPS) is 22.2. The summed E-state index contributed by atoms with van der Waals surface area (Å²) in [7, 11) is 1.68. The zero-order valence-electron chi connectivity index (χ0n) is 16.0. The summed E-state index contributed by atoms with van der Waals surface area (Å²) in [4.78, 5) is 15.2. The smallest absolute Gasteiger partial charge is 0.316 e. The van der Waals surface area contributed by atoms with E-state index >= 15 is 0 Å². The van der Waals surface area contributed by atoms with Gasteiger partial charge in [-0.1, -0.05) is 30.3 Å². The van der Waals surface area contributed by atoms with E-state index in [4.69, 9.17) is 9.47 Å². The van der Waals surface area contributed by atoms with E-state index in [1.54, 1.807) is 7.11 Å². The molecule has 25 heavy (non-hydrogen) atoms. The van der Waals surface area contributed by atoms with E-state index in [1.165, 1.54) is 0 Å². The van der Waals surface area contributed by atoms with Crippen molar-refractivity contribution in [3.8, 4) is 0 Å². The Labute approximate surface area is 158 Å². The maximum atomic E-state index is 12.8. The lowest BCUT2D eigenvalue weighted by Crippen LogP contribution is -2.40. The first-order valence-electron chi connectivity index (χ1n) is 8.91. The van der Waals surface area contributed by atoms with Gasteiger partial charge in [-0.3, -0.25) is 9.69 Å². The first-order valence-corrected chi connectivity index (χ1v) is 8.91. The Kier molecular flexibility index (Phi) is 8.39. The summed E-state index contributed by atoms with van der Waals surface area (Å²) in [6.45, 7) is 10.5. The number of methoxy groups -OCH3 is 1. The molecule has 2 unspecified atom stereocenters. The van der Waals surface area contributed by atoms with Crippen LogP contribution >= 0.6 is 12.4 Å². The summed E-state index contributed by atoms with van der Waals surface area (Å²) in [5.74, 6) is 0.104. The molecule has 1 aromatic rings. The Balaban J connectivity index is 0.00000312. The number of esters is 1. The third-order valence-corrected chi connectivity index (χ3v) is 5.04. The molecule has 0 aromatic heterocycles. The van der Waals surface area contributed by atoms with E-state index in [9.17, 15) is 4.79 Å². The Hall–Kier alpha value is -1.10. The van der Waals surface area contributed by atoms with E-state index < -0.39 is 5.41 Å². The second-order valence-corrected chi connectivity index (χ2v) is 7.26. The van der Waals surface area contributed by atoms with Crippen molar-refractivity contribution in [1.29, 1.82) is 0 Å². The van der Waals surface area contributed by atoms with Gasteiger partial charge in [-0.2, -0.15) is 0 Å². The van der Waals surface area contributed by atoms with Crippen molar-refractivity contribution in [3.63, 3.8) is 0 Å². The largest absolute Gasteiger partial charge is 0.464 e. The molecule has 0 aliphatic heterocycles. The Bertz CT molecular complexity index is 527. The number of hydrogen-bond donors (Lipinski definition) is 0. The van der Waals surface area contributed by atoms with Crippen LogP contribution in [0.5, 0.6) is 0 Å². The van der Waals surface area contributed by atoms with Crippen LogP contribution < -0.4 is 0 Å². The molecule has 1 saturated carbocycles. The van der Waals surface area contributed by atoms with Gasteiger partial charge in [0.25, 0.3) is 0 Å². The molecule has 1 fully saturated rings. The van der Waals surface area contributed by atoms with Crippen molar-refractivity contribution in [1.82, 2.24) is 4.90 Å². The van der Waals surface area contributed by atoms with Crippen molar-refractivity contribution < 1.29 is 14.3 Å². The Morgan fingerprint density at radius 2 is 1.80 bits per heavy atom. The first-order chi connectivity index (χ1) is 11.4. The van der Waals surface area contributed by atoms with Gasteiger partial charge in [0.15, 0.2) is 0 Å². The van der Waals surface area contributed by atoms with Crippen LogP contribution in [0, 0.1) is 5.92 Å². The monoisotopic (exact) mass is 369 g/mol. The van der Waals surface area contributed by atoms with E-state index in [1.807, 2.05) is 30.3 Å². The lowest BCUT2D eigenvalue weighted by molar-refractivity contribution is -0.148. The van der Waals surface area contributed by atoms with Crippen LogP contribution in [0.25, 0.3) is 0 Å². The lowest BCUT2D eigenvalue weighted by Gasteiger charge is -2.30. The fourth-order valence-electron chi connectivity index (χ4n) is 3.67. The third-order valence-electron chi connectivity index (χ3n) is 5.04. The number of ether oxygens (including phenoxy) is 2. The molecule has 1 aromatic carbocycles. The number of carbonyl (C=O) groups excluding carboxylic acids is 1. The Morgan fingerprint density at radius 1 is 1.20 bits per heavy atom. The van der Waals surface area contributed by atoms with Gasteiger partial charge in [-0.05, 0) is 39.7 Å². The molecule has 0 radical (unpaired) electrons. The van der Waals surface area contributed by atoms with Crippen molar-refractivity contribution in [3.05, 3.63) is 35.9 Å². The van der Waals surface area contributed by atoms with Crippen LogP contribution in [0.2, 0.25) is 0 Å². The second kappa shape index (κ2) is 9.56. The maximum Gasteiger partial charge on any atom is 0.316 e. The number of benzene rings is 1. The fraction of sp³-hybridized carbons (Fsp3) is 0.650. The maximum absolute atomic E-state index is 12.8. The summed E-state index contributed by atoms with van der Waals surface area (Å²) < 4.78 is 11.0. The van der Waals surface area contributed by atoms with Crippen LogP contribution in [-0.4, -0.2) is 49.8 Å². The van der Waals surface area contributed by atoms with Crippen LogP contribution in [-0.2, 0) is 19.7 Å². The molecule has 0 N–H and O–H groups in total. The van der Waals surface area contributed by atoms with Crippen molar-refractivity contribution in [2.75, 3.05) is 26.9 Å². The first kappa shape index (κ1) is 21.9.